The van der Waals surface area contributed by atoms with Crippen molar-refractivity contribution >= 4 is 0 Å². The van der Waals surface area contributed by atoms with Crippen molar-refractivity contribution in [1.82, 2.24) is 5.32 Å². The first-order valence-corrected chi connectivity index (χ1v) is 5.83. The Balaban J connectivity index is 2.34. The van der Waals surface area contributed by atoms with E-state index in [1.54, 1.807) is 0 Å². The standard InChI is InChI=1S/C11H20F3N/c1-2-10(15-8-11(12,13)14)9-6-4-3-5-7-9/h9-10,15H,2-8H2,1H3. The Labute approximate surface area is 89.4 Å². The van der Waals surface area contributed by atoms with E-state index in [1.165, 1.54) is 19.3 Å². The predicted molar refractivity (Wildman–Crippen MR) is 54.7 cm³/mol. The van der Waals surface area contributed by atoms with E-state index in [4.69, 9.17) is 0 Å². The maximum atomic E-state index is 12.1. The number of hydrogen-bond donors (Lipinski definition) is 1. The van der Waals surface area contributed by atoms with Crippen LogP contribution in [0.4, 0.5) is 13.2 Å². The minimum Gasteiger partial charge on any atom is -0.306 e. The molecule has 1 rings (SSSR count). The first-order chi connectivity index (χ1) is 7.03. The Bertz CT molecular complexity index is 173. The fraction of sp³-hybridized carbons (Fsp3) is 1.00. The van der Waals surface area contributed by atoms with E-state index >= 15 is 0 Å². The van der Waals surface area contributed by atoms with Crippen molar-refractivity contribution in [1.29, 1.82) is 0 Å². The average molecular weight is 223 g/mol. The maximum absolute atomic E-state index is 12.1. The van der Waals surface area contributed by atoms with Crippen LogP contribution < -0.4 is 5.32 Å². The average Bonchev–Trinajstić information content (AvgIpc) is 2.19. The van der Waals surface area contributed by atoms with Gasteiger partial charge in [0.05, 0.1) is 6.54 Å². The quantitative estimate of drug-likeness (QED) is 0.769. The summed E-state index contributed by atoms with van der Waals surface area (Å²) in [6.45, 7) is 1.12. The highest BCUT2D eigenvalue weighted by Gasteiger charge is 2.30. The molecule has 1 atom stereocenters. The van der Waals surface area contributed by atoms with Crippen LogP contribution in [-0.4, -0.2) is 18.8 Å². The summed E-state index contributed by atoms with van der Waals surface area (Å²) in [4.78, 5) is 0. The van der Waals surface area contributed by atoms with Gasteiger partial charge in [0.1, 0.15) is 0 Å². The van der Waals surface area contributed by atoms with Gasteiger partial charge in [0, 0.05) is 6.04 Å². The third-order valence-corrected chi connectivity index (χ3v) is 3.22. The van der Waals surface area contributed by atoms with Gasteiger partial charge in [0.2, 0.25) is 0 Å². The SMILES string of the molecule is CCC(NCC(F)(F)F)C1CCCCC1. The maximum Gasteiger partial charge on any atom is 0.401 e. The van der Waals surface area contributed by atoms with Gasteiger partial charge in [-0.25, -0.2) is 0 Å². The lowest BCUT2D eigenvalue weighted by Crippen LogP contribution is -2.41. The highest BCUT2D eigenvalue weighted by molar-refractivity contribution is 4.79. The molecular formula is C11H20F3N. The monoisotopic (exact) mass is 223 g/mol. The molecule has 1 unspecified atom stereocenters. The van der Waals surface area contributed by atoms with Crippen LogP contribution in [0.25, 0.3) is 0 Å². The molecule has 0 amide bonds. The van der Waals surface area contributed by atoms with Gasteiger partial charge in [0.15, 0.2) is 0 Å². The number of rotatable bonds is 4. The molecule has 15 heavy (non-hydrogen) atoms. The molecule has 0 saturated heterocycles. The Morgan fingerprint density at radius 2 is 1.80 bits per heavy atom. The summed E-state index contributed by atoms with van der Waals surface area (Å²) in [5.41, 5.74) is 0. The molecule has 1 saturated carbocycles. The fourth-order valence-corrected chi connectivity index (χ4v) is 2.43. The first kappa shape index (κ1) is 12.8. The third-order valence-electron chi connectivity index (χ3n) is 3.22. The van der Waals surface area contributed by atoms with E-state index in [0.717, 1.165) is 19.3 Å². The Morgan fingerprint density at radius 1 is 1.20 bits per heavy atom. The van der Waals surface area contributed by atoms with Crippen LogP contribution in [0.1, 0.15) is 45.4 Å². The Hall–Kier alpha value is -0.250. The molecule has 0 bridgehead atoms. The summed E-state index contributed by atoms with van der Waals surface area (Å²) < 4.78 is 36.2. The van der Waals surface area contributed by atoms with E-state index in [2.05, 4.69) is 5.32 Å². The highest BCUT2D eigenvalue weighted by atomic mass is 19.4. The van der Waals surface area contributed by atoms with Crippen LogP contribution in [0, 0.1) is 5.92 Å². The van der Waals surface area contributed by atoms with Gasteiger partial charge < -0.3 is 5.32 Å². The summed E-state index contributed by atoms with van der Waals surface area (Å²) >= 11 is 0. The minimum atomic E-state index is -4.08. The molecule has 0 aromatic rings. The van der Waals surface area contributed by atoms with Crippen molar-refractivity contribution in [2.45, 2.75) is 57.7 Å². The molecule has 1 fully saturated rings. The van der Waals surface area contributed by atoms with Crippen molar-refractivity contribution in [2.75, 3.05) is 6.54 Å². The highest BCUT2D eigenvalue weighted by Crippen LogP contribution is 2.28. The van der Waals surface area contributed by atoms with Crippen LogP contribution in [0.2, 0.25) is 0 Å². The topological polar surface area (TPSA) is 12.0 Å². The normalized spacial score (nSPS) is 21.6. The van der Waals surface area contributed by atoms with Gasteiger partial charge in [-0.1, -0.05) is 26.2 Å². The number of nitrogens with one attached hydrogen (secondary N) is 1. The second kappa shape index (κ2) is 5.73. The zero-order valence-corrected chi connectivity index (χ0v) is 9.24. The molecule has 90 valence electrons. The molecule has 4 heteroatoms. The smallest absolute Gasteiger partial charge is 0.306 e. The number of alkyl halides is 3. The first-order valence-electron chi connectivity index (χ1n) is 5.83. The van der Waals surface area contributed by atoms with Crippen molar-refractivity contribution in [2.24, 2.45) is 5.92 Å². The second-order valence-electron chi connectivity index (χ2n) is 4.41. The van der Waals surface area contributed by atoms with E-state index in [0.29, 0.717) is 5.92 Å². The molecule has 1 aliphatic rings. The van der Waals surface area contributed by atoms with Gasteiger partial charge in [-0.2, -0.15) is 13.2 Å². The van der Waals surface area contributed by atoms with Gasteiger partial charge >= 0.3 is 6.18 Å². The van der Waals surface area contributed by atoms with Gasteiger partial charge in [0.25, 0.3) is 0 Å². The van der Waals surface area contributed by atoms with Crippen LogP contribution in [0.3, 0.4) is 0 Å². The lowest BCUT2D eigenvalue weighted by Gasteiger charge is -2.30. The van der Waals surface area contributed by atoms with Crippen LogP contribution >= 0.6 is 0 Å². The summed E-state index contributed by atoms with van der Waals surface area (Å²) in [5, 5.41) is 2.65. The predicted octanol–water partition coefficient (Wildman–Crippen LogP) is 3.50. The molecule has 0 heterocycles. The Kier molecular flexibility index (Phi) is 4.90. The van der Waals surface area contributed by atoms with Gasteiger partial charge in [-0.3, -0.25) is 0 Å². The lowest BCUT2D eigenvalue weighted by atomic mass is 9.83. The van der Waals surface area contributed by atoms with E-state index < -0.39 is 12.7 Å². The summed E-state index contributed by atoms with van der Waals surface area (Å²) in [6, 6.07) is 0.0481. The molecule has 1 aliphatic carbocycles. The molecule has 0 spiro atoms. The molecule has 0 aromatic carbocycles. The van der Waals surface area contributed by atoms with Crippen molar-refractivity contribution in [3.8, 4) is 0 Å². The summed E-state index contributed by atoms with van der Waals surface area (Å²) in [7, 11) is 0. The number of halogens is 3. The zero-order valence-electron chi connectivity index (χ0n) is 9.24. The van der Waals surface area contributed by atoms with E-state index in [9.17, 15) is 13.2 Å². The molecule has 0 aliphatic heterocycles. The molecule has 0 radical (unpaired) electrons. The molecule has 1 nitrogen and oxygen atoms in total. The fourth-order valence-electron chi connectivity index (χ4n) is 2.43. The largest absolute Gasteiger partial charge is 0.401 e. The molecule has 0 aromatic heterocycles. The second-order valence-corrected chi connectivity index (χ2v) is 4.41. The summed E-state index contributed by atoms with van der Waals surface area (Å²) in [6.07, 6.45) is 2.48. The van der Waals surface area contributed by atoms with Crippen molar-refractivity contribution < 1.29 is 13.2 Å². The van der Waals surface area contributed by atoms with Crippen LogP contribution in [0.5, 0.6) is 0 Å². The van der Waals surface area contributed by atoms with E-state index in [1.807, 2.05) is 6.92 Å². The molecule has 1 N–H and O–H groups in total. The third kappa shape index (κ3) is 4.87. The van der Waals surface area contributed by atoms with Crippen LogP contribution in [0.15, 0.2) is 0 Å². The molecular weight excluding hydrogens is 203 g/mol. The Morgan fingerprint density at radius 3 is 2.27 bits per heavy atom. The number of hydrogen-bond acceptors (Lipinski definition) is 1. The van der Waals surface area contributed by atoms with Crippen LogP contribution in [-0.2, 0) is 0 Å². The van der Waals surface area contributed by atoms with Gasteiger partial charge in [-0.15, -0.1) is 0 Å². The van der Waals surface area contributed by atoms with Crippen molar-refractivity contribution in [3.05, 3.63) is 0 Å². The summed E-state index contributed by atoms with van der Waals surface area (Å²) in [5.74, 6) is 0.450. The minimum absolute atomic E-state index is 0.0481. The van der Waals surface area contributed by atoms with Gasteiger partial charge in [-0.05, 0) is 25.2 Å². The lowest BCUT2D eigenvalue weighted by molar-refractivity contribution is -0.127. The van der Waals surface area contributed by atoms with E-state index in [-0.39, 0.29) is 6.04 Å². The van der Waals surface area contributed by atoms with Crippen molar-refractivity contribution in [3.63, 3.8) is 0 Å². The zero-order chi connectivity index (χ0) is 11.3.